The van der Waals surface area contributed by atoms with Gasteiger partial charge in [-0.25, -0.2) is 0 Å². The van der Waals surface area contributed by atoms with Gasteiger partial charge in [0.2, 0.25) is 0 Å². The lowest BCUT2D eigenvalue weighted by Crippen LogP contribution is -1.78. The summed E-state index contributed by atoms with van der Waals surface area (Å²) in [5.74, 6) is -0.833. The van der Waals surface area contributed by atoms with Crippen molar-refractivity contribution in [1.82, 2.24) is 0 Å². The highest BCUT2D eigenvalue weighted by Crippen LogP contribution is 1.42. The molecule has 0 fully saturated rings. The number of carboxylic acid groups (broad SMARTS) is 1. The van der Waals surface area contributed by atoms with E-state index in [2.05, 4.69) is 0 Å². The van der Waals surface area contributed by atoms with Crippen LogP contribution in [0.3, 0.4) is 0 Å². The van der Waals surface area contributed by atoms with Crippen molar-refractivity contribution in [2.24, 2.45) is 0 Å². The van der Waals surface area contributed by atoms with Gasteiger partial charge in [-0.15, -0.1) is 0 Å². The number of carboxylic acids is 1. The summed E-state index contributed by atoms with van der Waals surface area (Å²) < 4.78 is 0. The molecule has 0 aliphatic rings. The Kier molecular flexibility index (Phi) is 55.4. The molecule has 0 saturated carbocycles. The van der Waals surface area contributed by atoms with Crippen LogP contribution in [0.1, 0.15) is 6.92 Å². The normalized spacial score (nSPS) is 3.57. The molecule has 0 aromatic rings. The van der Waals surface area contributed by atoms with Gasteiger partial charge in [0.05, 0.1) is 0 Å². The van der Waals surface area contributed by atoms with Crippen molar-refractivity contribution in [2.45, 2.75) is 6.92 Å². The molecule has 0 atom stereocenters. The molecule has 0 saturated heterocycles. The SMILES string of the molecule is CC(=O)O.O.[MgH2].[MgH2]. The molecule has 0 amide bonds. The first-order valence-electron chi connectivity index (χ1n) is 0.928. The third-order valence-electron chi connectivity index (χ3n) is 0. The van der Waals surface area contributed by atoms with Crippen LogP contribution in [0.5, 0.6) is 0 Å². The summed E-state index contributed by atoms with van der Waals surface area (Å²) in [6.45, 7) is 1.08. The summed E-state index contributed by atoms with van der Waals surface area (Å²) in [5.41, 5.74) is 0. The van der Waals surface area contributed by atoms with E-state index >= 15 is 0 Å². The number of hydrogen-bond donors (Lipinski definition) is 1. The van der Waals surface area contributed by atoms with Crippen molar-refractivity contribution in [3.05, 3.63) is 0 Å². The Morgan fingerprint density at radius 1 is 1.43 bits per heavy atom. The van der Waals surface area contributed by atoms with E-state index in [1.54, 1.807) is 0 Å². The zero-order chi connectivity index (χ0) is 3.58. The minimum atomic E-state index is -0.833. The van der Waals surface area contributed by atoms with Gasteiger partial charge in [-0.1, -0.05) is 0 Å². The highest BCUT2D eigenvalue weighted by molar-refractivity contribution is 5.76. The Hall–Kier alpha value is 0.962. The molecule has 40 valence electrons. The molecular formula is C2H10Mg2O3. The summed E-state index contributed by atoms with van der Waals surface area (Å²) in [6, 6.07) is 0. The summed E-state index contributed by atoms with van der Waals surface area (Å²) >= 11 is 0. The second-order valence-electron chi connectivity index (χ2n) is 0.519. The van der Waals surface area contributed by atoms with Crippen LogP contribution in [-0.4, -0.2) is 62.7 Å². The topological polar surface area (TPSA) is 68.8 Å². The minimum Gasteiger partial charge on any atom is -0.481 e. The summed E-state index contributed by atoms with van der Waals surface area (Å²) in [5, 5.41) is 7.42. The van der Waals surface area contributed by atoms with Crippen molar-refractivity contribution >= 4 is 52.1 Å². The smallest absolute Gasteiger partial charge is 0.316 e. The number of rotatable bonds is 0. The van der Waals surface area contributed by atoms with Crippen LogP contribution in [0.2, 0.25) is 0 Å². The Balaban J connectivity index is -0.0000000150. The molecule has 0 aromatic carbocycles. The fourth-order valence-corrected chi connectivity index (χ4v) is 0. The van der Waals surface area contributed by atoms with Crippen LogP contribution in [0.4, 0.5) is 0 Å². The lowest BCUT2D eigenvalue weighted by Gasteiger charge is -1.59. The maximum Gasteiger partial charge on any atom is 0.316 e. The molecule has 0 aliphatic heterocycles. The Morgan fingerprint density at radius 3 is 1.43 bits per heavy atom. The molecule has 0 aliphatic carbocycles. The minimum absolute atomic E-state index is 0. The van der Waals surface area contributed by atoms with Gasteiger partial charge in [-0.3, -0.25) is 4.79 Å². The fraction of sp³-hybridized carbons (Fsp3) is 0.500. The lowest BCUT2D eigenvalue weighted by atomic mass is 10.9. The van der Waals surface area contributed by atoms with Gasteiger partial charge >= 0.3 is 46.1 Å². The highest BCUT2D eigenvalue weighted by Gasteiger charge is 1.65. The average Bonchev–Trinajstić information content (AvgIpc) is 0.811. The van der Waals surface area contributed by atoms with Gasteiger partial charge in [0, 0.05) is 6.92 Å². The van der Waals surface area contributed by atoms with E-state index in [0.717, 1.165) is 6.92 Å². The highest BCUT2D eigenvalue weighted by atomic mass is 24.3. The van der Waals surface area contributed by atoms with Crippen LogP contribution in [0.25, 0.3) is 0 Å². The molecule has 0 heterocycles. The maximum absolute atomic E-state index is 9.00. The predicted octanol–water partition coefficient (Wildman–Crippen LogP) is -2.57. The van der Waals surface area contributed by atoms with Crippen molar-refractivity contribution in [2.75, 3.05) is 0 Å². The van der Waals surface area contributed by atoms with E-state index in [4.69, 9.17) is 9.90 Å². The second-order valence-corrected chi connectivity index (χ2v) is 0.519. The molecule has 0 aromatic heterocycles. The van der Waals surface area contributed by atoms with E-state index in [-0.39, 0.29) is 51.6 Å². The molecule has 0 radical (unpaired) electrons. The van der Waals surface area contributed by atoms with E-state index in [1.165, 1.54) is 0 Å². The Labute approximate surface area is 74.1 Å². The number of aliphatic carboxylic acids is 1. The fourth-order valence-electron chi connectivity index (χ4n) is 0. The molecule has 7 heavy (non-hydrogen) atoms. The molecule has 3 nitrogen and oxygen atoms in total. The summed E-state index contributed by atoms with van der Waals surface area (Å²) in [6.07, 6.45) is 0. The maximum atomic E-state index is 9.00. The predicted molar refractivity (Wildman–Crippen MR) is 34.0 cm³/mol. The first kappa shape index (κ1) is 24.6. The zero-order valence-corrected chi connectivity index (χ0v) is 2.86. The van der Waals surface area contributed by atoms with Gasteiger partial charge in [-0.2, -0.15) is 0 Å². The van der Waals surface area contributed by atoms with Gasteiger partial charge in [0.15, 0.2) is 0 Å². The summed E-state index contributed by atoms with van der Waals surface area (Å²) in [7, 11) is 0. The molecule has 0 bridgehead atoms. The molecular weight excluding hydrogens is 121 g/mol. The third-order valence-corrected chi connectivity index (χ3v) is 0. The second kappa shape index (κ2) is 15.8. The molecule has 0 spiro atoms. The van der Waals surface area contributed by atoms with Crippen LogP contribution < -0.4 is 0 Å². The first-order chi connectivity index (χ1) is 1.73. The van der Waals surface area contributed by atoms with Crippen LogP contribution in [-0.2, 0) is 4.79 Å². The van der Waals surface area contributed by atoms with Crippen molar-refractivity contribution in [3.63, 3.8) is 0 Å². The molecule has 0 unspecified atom stereocenters. The van der Waals surface area contributed by atoms with E-state index in [0.29, 0.717) is 0 Å². The number of carbonyl (C=O) groups is 1. The van der Waals surface area contributed by atoms with Gasteiger partial charge in [0.25, 0.3) is 5.97 Å². The largest absolute Gasteiger partial charge is 0.481 e. The monoisotopic (exact) mass is 130 g/mol. The zero-order valence-electron chi connectivity index (χ0n) is 2.86. The van der Waals surface area contributed by atoms with E-state index in [1.807, 2.05) is 0 Å². The van der Waals surface area contributed by atoms with Crippen LogP contribution in [0, 0.1) is 0 Å². The first-order valence-corrected chi connectivity index (χ1v) is 0.928. The van der Waals surface area contributed by atoms with E-state index < -0.39 is 5.97 Å². The van der Waals surface area contributed by atoms with E-state index in [9.17, 15) is 0 Å². The van der Waals surface area contributed by atoms with Gasteiger partial charge in [-0.05, 0) is 0 Å². The Bertz CT molecular complexity index is 33.9. The summed E-state index contributed by atoms with van der Waals surface area (Å²) in [4.78, 5) is 9.00. The quantitative estimate of drug-likeness (QED) is 0.367. The average molecular weight is 131 g/mol. The van der Waals surface area contributed by atoms with Gasteiger partial charge in [0.1, 0.15) is 0 Å². The molecule has 5 heteroatoms. The Morgan fingerprint density at radius 2 is 1.43 bits per heavy atom. The molecule has 3 N–H and O–H groups in total. The lowest BCUT2D eigenvalue weighted by molar-refractivity contribution is -0.134. The van der Waals surface area contributed by atoms with Crippen LogP contribution in [0.15, 0.2) is 0 Å². The molecule has 0 rings (SSSR count). The standard InChI is InChI=1S/C2H4O2.2Mg.H2O.4H/c1-2(3)4;;;;;;;/h1H3,(H,3,4);;;1H2;;;;. The van der Waals surface area contributed by atoms with Gasteiger partial charge < -0.3 is 10.6 Å². The van der Waals surface area contributed by atoms with Crippen molar-refractivity contribution in [1.29, 1.82) is 0 Å². The van der Waals surface area contributed by atoms with Crippen molar-refractivity contribution in [3.8, 4) is 0 Å². The van der Waals surface area contributed by atoms with Crippen LogP contribution >= 0.6 is 0 Å². The third kappa shape index (κ3) is 185. The number of hydrogen-bond acceptors (Lipinski definition) is 1. The van der Waals surface area contributed by atoms with Crippen molar-refractivity contribution < 1.29 is 15.4 Å².